The van der Waals surface area contributed by atoms with Crippen LogP contribution in [0.1, 0.15) is 41.0 Å². The Morgan fingerprint density at radius 1 is 0.627 bits per heavy atom. The first kappa shape index (κ1) is 50.0. The second-order valence-corrected chi connectivity index (χ2v) is 12.5. The Morgan fingerprint density at radius 3 is 1.51 bits per heavy atom. The maximum atomic E-state index is 12.1. The fourth-order valence-electron chi connectivity index (χ4n) is 5.84. The summed E-state index contributed by atoms with van der Waals surface area (Å²) in [4.78, 5) is 40.8. The van der Waals surface area contributed by atoms with E-state index in [0.29, 0.717) is 12.8 Å². The minimum Gasteiger partial charge on any atom is -0.497 e. The number of rotatable bonds is 12. The Morgan fingerprint density at radius 2 is 1.05 bits per heavy atom. The molecule has 6 rings (SSSR count). The molecule has 59 heavy (non-hydrogen) atoms. The number of carbonyl (C=O) groups excluding carboxylic acids is 4. The van der Waals surface area contributed by atoms with E-state index in [1.165, 1.54) is 35.0 Å². The standard InChI is InChI=1S/C29H26O.C9H13NO.C8H9NO2.CH3NO.CH5N.CH2O/c1-22(24-14-6-3-7-15-24)26-16-8-10-18-28(26)29-19-11-9-17-27(29)25(21-30)20-23-12-4-2-5-13-23;1-10(2)8-4-6-9(11-3)7-5-8;1-11-8-4-2-7(3-5-8)9-6-10;2-1-3;2*1-2/h2-19,21-22,25H,20H2,1H3;4-7H,1-3H3;2-6H,1H3,(H,9,10);1H,(H2,2,3);2H2,1H3;1H2/t22?,25-;;;;;/m0...../s1. The maximum Gasteiger partial charge on any atom is 0.211 e. The first-order valence-electron chi connectivity index (χ1n) is 18.7. The van der Waals surface area contributed by atoms with Crippen molar-refractivity contribution in [3.63, 3.8) is 0 Å². The van der Waals surface area contributed by atoms with Gasteiger partial charge < -0.3 is 40.7 Å². The number of nitrogens with zero attached hydrogens (tertiary/aromatic N) is 1. The first-order valence-corrected chi connectivity index (χ1v) is 18.7. The lowest BCUT2D eigenvalue weighted by Gasteiger charge is -2.21. The van der Waals surface area contributed by atoms with Crippen molar-refractivity contribution in [3.8, 4) is 22.6 Å². The molecule has 0 aromatic heterocycles. The molecule has 0 aliphatic carbocycles. The number of methoxy groups -OCH3 is 2. The van der Waals surface area contributed by atoms with Crippen molar-refractivity contribution in [1.29, 1.82) is 0 Å². The van der Waals surface area contributed by atoms with Crippen molar-refractivity contribution in [2.75, 3.05) is 45.6 Å². The Bertz CT molecular complexity index is 2010. The van der Waals surface area contributed by atoms with Gasteiger partial charge in [-0.2, -0.15) is 0 Å². The number of hydrogen-bond donors (Lipinski definition) is 3. The maximum absolute atomic E-state index is 12.1. The summed E-state index contributed by atoms with van der Waals surface area (Å²) in [5.74, 6) is 1.76. The van der Waals surface area contributed by atoms with E-state index in [0.717, 1.165) is 34.6 Å². The molecular weight excluding hydrogens is 741 g/mol. The van der Waals surface area contributed by atoms with Gasteiger partial charge in [-0.25, -0.2) is 0 Å². The number of hydrogen-bond acceptors (Lipinski definition) is 8. The smallest absolute Gasteiger partial charge is 0.211 e. The second kappa shape index (κ2) is 30.1. The molecule has 310 valence electrons. The monoisotopic (exact) mass is 798 g/mol. The molecule has 2 atom stereocenters. The number of benzene rings is 6. The summed E-state index contributed by atoms with van der Waals surface area (Å²) >= 11 is 0. The van der Waals surface area contributed by atoms with Gasteiger partial charge in [-0.1, -0.05) is 116 Å². The number of nitrogens with one attached hydrogen (secondary N) is 1. The Labute approximate surface area is 349 Å². The lowest BCUT2D eigenvalue weighted by Crippen LogP contribution is -2.07. The van der Waals surface area contributed by atoms with Gasteiger partial charge in [0.1, 0.15) is 24.6 Å². The third kappa shape index (κ3) is 17.3. The lowest BCUT2D eigenvalue weighted by atomic mass is 9.82. The number of anilines is 2. The van der Waals surface area contributed by atoms with Crippen LogP contribution in [-0.4, -0.2) is 61.3 Å². The molecule has 6 aromatic rings. The van der Waals surface area contributed by atoms with Crippen molar-refractivity contribution in [1.82, 2.24) is 0 Å². The summed E-state index contributed by atoms with van der Waals surface area (Å²) < 4.78 is 9.96. The van der Waals surface area contributed by atoms with Crippen LogP contribution < -0.4 is 31.2 Å². The molecule has 2 amide bonds. The number of nitrogens with two attached hydrogens (primary N) is 2. The average Bonchev–Trinajstić information content (AvgIpc) is 3.31. The van der Waals surface area contributed by atoms with Crippen LogP contribution in [0.4, 0.5) is 11.4 Å². The number of ether oxygens (including phenoxy) is 2. The quantitative estimate of drug-likeness (QED) is 0.104. The highest BCUT2D eigenvalue weighted by Crippen LogP contribution is 2.37. The number of carbonyl (C=O) groups is 4. The summed E-state index contributed by atoms with van der Waals surface area (Å²) in [5, 5.41) is 2.52. The molecule has 0 heterocycles. The van der Waals surface area contributed by atoms with Gasteiger partial charge in [0.2, 0.25) is 12.8 Å². The van der Waals surface area contributed by atoms with Gasteiger partial charge in [-0.3, -0.25) is 9.59 Å². The van der Waals surface area contributed by atoms with Crippen LogP contribution in [0.15, 0.2) is 158 Å². The van der Waals surface area contributed by atoms with E-state index in [4.69, 9.17) is 19.1 Å². The van der Waals surface area contributed by atoms with Crippen molar-refractivity contribution in [2.45, 2.75) is 25.2 Å². The molecule has 0 saturated heterocycles. The SMILES string of the molecule is C=O.CC(c1ccccc1)c1ccccc1-c1ccccc1[C@H](C=O)Cc1ccccc1.CN.COc1ccc(N(C)C)cc1.COc1ccc(NC=O)cc1.NC=O. The van der Waals surface area contributed by atoms with Crippen LogP contribution in [0, 0.1) is 0 Å². The predicted octanol–water partition coefficient (Wildman–Crippen LogP) is 8.55. The van der Waals surface area contributed by atoms with Crippen LogP contribution in [0.2, 0.25) is 0 Å². The average molecular weight is 799 g/mol. The second-order valence-electron chi connectivity index (χ2n) is 12.5. The Hall–Kier alpha value is -7.04. The van der Waals surface area contributed by atoms with E-state index >= 15 is 0 Å². The van der Waals surface area contributed by atoms with E-state index in [9.17, 15) is 9.59 Å². The topological polar surface area (TPSA) is 154 Å². The molecule has 0 spiro atoms. The molecule has 10 heteroatoms. The highest BCUT2D eigenvalue weighted by Gasteiger charge is 2.20. The first-order chi connectivity index (χ1) is 28.8. The lowest BCUT2D eigenvalue weighted by molar-refractivity contribution is -0.109. The van der Waals surface area contributed by atoms with E-state index in [-0.39, 0.29) is 18.2 Å². The van der Waals surface area contributed by atoms with Crippen molar-refractivity contribution >= 4 is 37.3 Å². The molecule has 6 aromatic carbocycles. The Balaban J connectivity index is 0.000000492. The fraction of sp³-hybridized carbons (Fsp3) is 0.184. The molecule has 0 bridgehead atoms. The van der Waals surface area contributed by atoms with Crippen LogP contribution in [-0.2, 0) is 25.6 Å². The molecule has 0 fully saturated rings. The molecule has 0 aliphatic heterocycles. The summed E-state index contributed by atoms with van der Waals surface area (Å²) in [6.45, 7) is 4.25. The highest BCUT2D eigenvalue weighted by molar-refractivity contribution is 5.77. The van der Waals surface area contributed by atoms with Crippen molar-refractivity contribution < 1.29 is 28.7 Å². The van der Waals surface area contributed by atoms with E-state index in [1.807, 2.05) is 69.4 Å². The zero-order valence-electron chi connectivity index (χ0n) is 34.9. The zero-order chi connectivity index (χ0) is 43.8. The van der Waals surface area contributed by atoms with E-state index in [2.05, 4.69) is 114 Å². The third-order valence-electron chi connectivity index (χ3n) is 8.74. The summed E-state index contributed by atoms with van der Waals surface area (Å²) in [5.41, 5.74) is 17.8. The van der Waals surface area contributed by atoms with Gasteiger partial charge in [0, 0.05) is 37.3 Å². The summed E-state index contributed by atoms with van der Waals surface area (Å²) in [6, 6.07) is 52.8. The molecule has 0 saturated carbocycles. The van der Waals surface area contributed by atoms with E-state index in [1.54, 1.807) is 38.5 Å². The van der Waals surface area contributed by atoms with Gasteiger partial charge in [0.15, 0.2) is 0 Å². The van der Waals surface area contributed by atoms with Crippen molar-refractivity contribution in [2.24, 2.45) is 11.5 Å². The Kier molecular flexibility index (Phi) is 25.5. The minimum atomic E-state index is -0.177. The number of primary amides is 1. The zero-order valence-corrected chi connectivity index (χ0v) is 34.9. The van der Waals surface area contributed by atoms with Gasteiger partial charge >= 0.3 is 0 Å². The fourth-order valence-corrected chi connectivity index (χ4v) is 5.84. The van der Waals surface area contributed by atoms with E-state index < -0.39 is 0 Å². The summed E-state index contributed by atoms with van der Waals surface area (Å²) in [6.07, 6.45) is 2.69. The molecule has 1 unspecified atom stereocenters. The molecule has 0 aliphatic rings. The van der Waals surface area contributed by atoms with Gasteiger partial charge in [0.05, 0.1) is 14.2 Å². The van der Waals surface area contributed by atoms with Crippen molar-refractivity contribution in [3.05, 3.63) is 180 Å². The predicted molar refractivity (Wildman–Crippen MR) is 242 cm³/mol. The normalized spacial score (nSPS) is 10.3. The van der Waals surface area contributed by atoms with Crippen LogP contribution in [0.5, 0.6) is 11.5 Å². The van der Waals surface area contributed by atoms with Crippen LogP contribution >= 0.6 is 0 Å². The number of amides is 2. The van der Waals surface area contributed by atoms with Crippen LogP contribution in [0.3, 0.4) is 0 Å². The van der Waals surface area contributed by atoms with Gasteiger partial charge in [0.25, 0.3) is 0 Å². The number of aldehydes is 1. The molecular formula is C49H58N4O6. The largest absolute Gasteiger partial charge is 0.497 e. The minimum absolute atomic E-state index is 0.177. The van der Waals surface area contributed by atoms with Gasteiger partial charge in [-0.15, -0.1) is 0 Å². The van der Waals surface area contributed by atoms with Gasteiger partial charge in [-0.05, 0) is 95.4 Å². The third-order valence-corrected chi connectivity index (χ3v) is 8.74. The molecule has 10 nitrogen and oxygen atoms in total. The van der Waals surface area contributed by atoms with Crippen LogP contribution in [0.25, 0.3) is 11.1 Å². The summed E-state index contributed by atoms with van der Waals surface area (Å²) in [7, 11) is 8.80. The molecule has 0 radical (unpaired) electrons. The molecule has 5 N–H and O–H groups in total. The highest BCUT2D eigenvalue weighted by atomic mass is 16.5.